The van der Waals surface area contributed by atoms with Crippen LogP contribution in [-0.4, -0.2) is 49.5 Å². The lowest BCUT2D eigenvalue weighted by Crippen LogP contribution is -2.37. The number of halogens is 2. The number of nitrogens with zero attached hydrogens (tertiary/aromatic N) is 1. The van der Waals surface area contributed by atoms with Gasteiger partial charge >= 0.3 is 16.5 Å². The van der Waals surface area contributed by atoms with E-state index in [0.29, 0.717) is 10.7 Å². The molecule has 11 heteroatoms. The van der Waals surface area contributed by atoms with Gasteiger partial charge in [-0.25, -0.2) is 4.79 Å². The largest absolute Gasteiger partial charge is 0.444 e. The predicted molar refractivity (Wildman–Crippen MR) is 98.8 cm³/mol. The molecule has 1 aromatic rings. The van der Waals surface area contributed by atoms with Crippen molar-refractivity contribution in [3.63, 3.8) is 0 Å². The van der Waals surface area contributed by atoms with Crippen LogP contribution >= 0.6 is 11.6 Å². The van der Waals surface area contributed by atoms with Gasteiger partial charge in [-0.05, 0) is 45.4 Å². The summed E-state index contributed by atoms with van der Waals surface area (Å²) in [7, 11) is -4.76. The number of anilines is 1. The molecule has 1 aliphatic heterocycles. The second kappa shape index (κ2) is 7.99. The molecule has 0 spiro atoms. The quantitative estimate of drug-likeness (QED) is 0.727. The van der Waals surface area contributed by atoms with Gasteiger partial charge in [-0.1, -0.05) is 15.5 Å². The molecule has 2 amide bonds. The second-order valence-electron chi connectivity index (χ2n) is 7.08. The molecule has 8 nitrogen and oxygen atoms in total. The van der Waals surface area contributed by atoms with Crippen LogP contribution in [0.5, 0.6) is 0 Å². The van der Waals surface area contributed by atoms with E-state index >= 15 is 0 Å². The SMILES string of the molecule is CC(C)(C)OC(=O)Nc1ccc(C(=O)NC2CCN(S(=O)(=O)F)C2)cc1Cl. The van der Waals surface area contributed by atoms with Crippen molar-refractivity contribution in [3.8, 4) is 0 Å². The molecule has 0 bridgehead atoms. The number of hydrogen-bond donors (Lipinski definition) is 2. The molecule has 2 rings (SSSR count). The highest BCUT2D eigenvalue weighted by atomic mass is 35.5. The fraction of sp³-hybridized carbons (Fsp3) is 0.500. The summed E-state index contributed by atoms with van der Waals surface area (Å²) in [6.45, 7) is 5.04. The van der Waals surface area contributed by atoms with Crippen LogP contribution < -0.4 is 10.6 Å². The monoisotopic (exact) mass is 421 g/mol. The van der Waals surface area contributed by atoms with Gasteiger partial charge in [0.1, 0.15) is 5.60 Å². The van der Waals surface area contributed by atoms with Crippen molar-refractivity contribution in [2.24, 2.45) is 0 Å². The Morgan fingerprint density at radius 3 is 2.52 bits per heavy atom. The molecule has 150 valence electrons. The molecule has 0 radical (unpaired) electrons. The Balaban J connectivity index is 1.98. The van der Waals surface area contributed by atoms with Crippen molar-refractivity contribution in [2.75, 3.05) is 18.4 Å². The molecule has 2 N–H and O–H groups in total. The molecule has 1 heterocycles. The van der Waals surface area contributed by atoms with Gasteiger partial charge in [0.05, 0.1) is 10.7 Å². The zero-order valence-electron chi connectivity index (χ0n) is 15.1. The molecule has 1 aromatic carbocycles. The minimum Gasteiger partial charge on any atom is -0.444 e. The molecule has 0 saturated carbocycles. The van der Waals surface area contributed by atoms with Gasteiger partial charge in [0.15, 0.2) is 0 Å². The molecule has 0 aliphatic carbocycles. The second-order valence-corrected chi connectivity index (χ2v) is 8.83. The first-order valence-electron chi connectivity index (χ1n) is 8.15. The Morgan fingerprint density at radius 2 is 2.00 bits per heavy atom. The molecular formula is C16H21ClFN3O5S. The Morgan fingerprint density at radius 1 is 1.33 bits per heavy atom. The van der Waals surface area contributed by atoms with E-state index in [1.54, 1.807) is 20.8 Å². The Bertz CT molecular complexity index is 841. The summed E-state index contributed by atoms with van der Waals surface area (Å²) in [4.78, 5) is 24.1. The van der Waals surface area contributed by atoms with Crippen LogP contribution in [0.25, 0.3) is 0 Å². The number of carbonyl (C=O) groups is 2. The molecule has 0 aromatic heterocycles. The summed E-state index contributed by atoms with van der Waals surface area (Å²) < 4.78 is 40.5. The minimum atomic E-state index is -4.76. The van der Waals surface area contributed by atoms with Crippen molar-refractivity contribution in [1.29, 1.82) is 0 Å². The summed E-state index contributed by atoms with van der Waals surface area (Å²) in [5.74, 6) is -0.483. The highest BCUT2D eigenvalue weighted by Gasteiger charge is 2.32. The van der Waals surface area contributed by atoms with Crippen LogP contribution in [0.15, 0.2) is 18.2 Å². The molecular weight excluding hydrogens is 401 g/mol. The first-order valence-corrected chi connectivity index (χ1v) is 9.87. The van der Waals surface area contributed by atoms with Gasteiger partial charge < -0.3 is 10.1 Å². The maximum atomic E-state index is 13.0. The topological polar surface area (TPSA) is 105 Å². The number of hydrogen-bond acceptors (Lipinski definition) is 5. The first kappa shape index (κ1) is 21.4. The number of benzene rings is 1. The standard InChI is InChI=1S/C16H21ClFN3O5S/c1-16(2,3)26-15(23)20-13-5-4-10(8-12(13)17)14(22)19-11-6-7-21(9-11)27(18,24)25/h4-5,8,11H,6-7,9H2,1-3H3,(H,19,22)(H,20,23). The van der Waals surface area contributed by atoms with Gasteiger partial charge in [0, 0.05) is 24.7 Å². The van der Waals surface area contributed by atoms with Gasteiger partial charge in [0.2, 0.25) is 0 Å². The van der Waals surface area contributed by atoms with Gasteiger partial charge in [0.25, 0.3) is 5.91 Å². The first-order chi connectivity index (χ1) is 12.3. The Kier molecular flexibility index (Phi) is 6.33. The number of rotatable bonds is 4. The van der Waals surface area contributed by atoms with Gasteiger partial charge in [-0.2, -0.15) is 12.7 Å². The summed E-state index contributed by atoms with van der Waals surface area (Å²) in [5.41, 5.74) is -0.173. The smallest absolute Gasteiger partial charge is 0.412 e. The van der Waals surface area contributed by atoms with Crippen LogP contribution in [0.4, 0.5) is 14.4 Å². The van der Waals surface area contributed by atoms with Crippen molar-refractivity contribution in [2.45, 2.75) is 38.8 Å². The third kappa shape index (κ3) is 6.33. The van der Waals surface area contributed by atoms with Crippen LogP contribution in [-0.2, 0) is 15.1 Å². The zero-order valence-corrected chi connectivity index (χ0v) is 16.7. The highest BCUT2D eigenvalue weighted by molar-refractivity contribution is 7.83. The van der Waals surface area contributed by atoms with Crippen molar-refractivity contribution < 1.29 is 26.6 Å². The summed E-state index contributed by atoms with van der Waals surface area (Å²) in [5, 5.41) is 5.25. The van der Waals surface area contributed by atoms with E-state index in [2.05, 4.69) is 10.6 Å². The van der Waals surface area contributed by atoms with Crippen molar-refractivity contribution >= 4 is 39.7 Å². The van der Waals surface area contributed by atoms with Gasteiger partial charge in [-0.3, -0.25) is 10.1 Å². The van der Waals surface area contributed by atoms with Crippen LogP contribution in [0.3, 0.4) is 0 Å². The molecule has 1 saturated heterocycles. The van der Waals surface area contributed by atoms with E-state index in [4.69, 9.17) is 16.3 Å². The summed E-state index contributed by atoms with van der Waals surface area (Å²) >= 11 is 6.10. The van der Waals surface area contributed by atoms with E-state index < -0.39 is 34.1 Å². The van der Waals surface area contributed by atoms with Crippen LogP contribution in [0, 0.1) is 0 Å². The number of carbonyl (C=O) groups excluding carboxylic acids is 2. The third-order valence-corrected chi connectivity index (χ3v) is 4.92. The lowest BCUT2D eigenvalue weighted by Gasteiger charge is -2.20. The van der Waals surface area contributed by atoms with E-state index in [1.807, 2.05) is 0 Å². The Labute approximate surface area is 162 Å². The predicted octanol–water partition coefficient (Wildman–Crippen LogP) is 2.71. The van der Waals surface area contributed by atoms with E-state index in [1.165, 1.54) is 18.2 Å². The van der Waals surface area contributed by atoms with E-state index in [0.717, 1.165) is 0 Å². The zero-order chi connectivity index (χ0) is 20.4. The molecule has 27 heavy (non-hydrogen) atoms. The van der Waals surface area contributed by atoms with Gasteiger partial charge in [-0.15, -0.1) is 0 Å². The molecule has 1 fully saturated rings. The fourth-order valence-electron chi connectivity index (χ4n) is 2.48. The minimum absolute atomic E-state index is 0.00326. The number of nitrogens with one attached hydrogen (secondary N) is 2. The van der Waals surface area contributed by atoms with Crippen LogP contribution in [0.1, 0.15) is 37.6 Å². The van der Waals surface area contributed by atoms with Crippen molar-refractivity contribution in [1.82, 2.24) is 9.62 Å². The third-order valence-electron chi connectivity index (χ3n) is 3.66. The maximum Gasteiger partial charge on any atom is 0.412 e. The summed E-state index contributed by atoms with van der Waals surface area (Å²) in [6.07, 6.45) is -0.374. The van der Waals surface area contributed by atoms with Crippen LogP contribution in [0.2, 0.25) is 5.02 Å². The molecule has 1 unspecified atom stereocenters. The lowest BCUT2D eigenvalue weighted by molar-refractivity contribution is 0.0635. The molecule has 1 atom stereocenters. The average Bonchev–Trinajstić information content (AvgIpc) is 2.96. The molecule has 1 aliphatic rings. The van der Waals surface area contributed by atoms with E-state index in [-0.39, 0.29) is 29.4 Å². The normalized spacial score (nSPS) is 18.2. The number of ether oxygens (including phenoxy) is 1. The average molecular weight is 422 g/mol. The van der Waals surface area contributed by atoms with Crippen molar-refractivity contribution in [3.05, 3.63) is 28.8 Å². The number of amides is 2. The highest BCUT2D eigenvalue weighted by Crippen LogP contribution is 2.24. The maximum absolute atomic E-state index is 13.0. The fourth-order valence-corrected chi connectivity index (χ4v) is 3.39. The van der Waals surface area contributed by atoms with E-state index in [9.17, 15) is 21.9 Å². The Hall–Kier alpha value is -1.91. The lowest BCUT2D eigenvalue weighted by atomic mass is 10.1. The summed E-state index contributed by atoms with van der Waals surface area (Å²) in [6, 6.07) is 3.77.